The molecule has 0 bridgehead atoms. The summed E-state index contributed by atoms with van der Waals surface area (Å²) >= 11 is 1.71. The average molecular weight is 206 g/mol. The molecule has 0 unspecified atom stereocenters. The quantitative estimate of drug-likeness (QED) is 0.805. The summed E-state index contributed by atoms with van der Waals surface area (Å²) in [5, 5.41) is 4.37. The Morgan fingerprint density at radius 2 is 2.29 bits per heavy atom. The first-order valence-corrected chi connectivity index (χ1v) is 5.30. The second-order valence-electron chi connectivity index (χ2n) is 3.00. The molecule has 2 rings (SSSR count). The zero-order valence-corrected chi connectivity index (χ0v) is 9.01. The van der Waals surface area contributed by atoms with Crippen molar-refractivity contribution in [3.63, 3.8) is 0 Å². The van der Waals surface area contributed by atoms with Crippen LogP contribution in [0, 0.1) is 6.92 Å². The first-order chi connectivity index (χ1) is 6.81. The zero-order chi connectivity index (χ0) is 9.97. The minimum atomic E-state index is 1.05. The summed E-state index contributed by atoms with van der Waals surface area (Å²) in [6, 6.07) is 3.96. The van der Waals surface area contributed by atoms with Gasteiger partial charge >= 0.3 is 0 Å². The number of nitrogens with two attached hydrogens (primary N) is 1. The van der Waals surface area contributed by atoms with Crippen LogP contribution in [-0.2, 0) is 0 Å². The minimum Gasteiger partial charge on any atom is -0.306 e. The molecular weight excluding hydrogens is 194 g/mol. The van der Waals surface area contributed by atoms with Gasteiger partial charge < -0.3 is 5.32 Å². The molecule has 3 nitrogen and oxygen atoms in total. The van der Waals surface area contributed by atoms with Crippen LogP contribution in [0.5, 0.6) is 0 Å². The fourth-order valence-corrected chi connectivity index (χ4v) is 2.23. The third-order valence-electron chi connectivity index (χ3n) is 2.00. The SMILES string of the molecule is C[NH2+]c1sc(-c2cccnc2)nc1C. The summed E-state index contributed by atoms with van der Waals surface area (Å²) in [6.45, 7) is 2.03. The summed E-state index contributed by atoms with van der Waals surface area (Å²) in [5.74, 6) is 0. The molecule has 2 N–H and O–H groups in total. The van der Waals surface area contributed by atoms with E-state index in [2.05, 4.69) is 15.3 Å². The Hall–Kier alpha value is -1.26. The zero-order valence-electron chi connectivity index (χ0n) is 8.19. The number of hydrogen-bond donors (Lipinski definition) is 1. The van der Waals surface area contributed by atoms with Crippen molar-refractivity contribution < 1.29 is 5.32 Å². The molecule has 0 aliphatic rings. The van der Waals surface area contributed by atoms with Gasteiger partial charge in [0, 0.05) is 18.0 Å². The number of pyridine rings is 1. The minimum absolute atomic E-state index is 1.05. The molecule has 0 spiro atoms. The Bertz CT molecular complexity index is 422. The van der Waals surface area contributed by atoms with Crippen LogP contribution in [0.15, 0.2) is 24.5 Å². The smallest absolute Gasteiger partial charge is 0.208 e. The van der Waals surface area contributed by atoms with Crippen molar-refractivity contribution >= 4 is 16.3 Å². The molecule has 0 saturated heterocycles. The predicted octanol–water partition coefficient (Wildman–Crippen LogP) is 1.34. The normalized spacial score (nSPS) is 10.4. The molecule has 2 aromatic rings. The van der Waals surface area contributed by atoms with Crippen molar-refractivity contribution in [3.05, 3.63) is 30.2 Å². The van der Waals surface area contributed by atoms with Crippen LogP contribution in [0.25, 0.3) is 10.6 Å². The summed E-state index contributed by atoms with van der Waals surface area (Å²) in [4.78, 5) is 8.58. The van der Waals surface area contributed by atoms with E-state index in [1.807, 2.05) is 32.3 Å². The third-order valence-corrected chi connectivity index (χ3v) is 3.27. The van der Waals surface area contributed by atoms with Gasteiger partial charge in [0.05, 0.1) is 7.05 Å². The molecule has 0 aliphatic heterocycles. The van der Waals surface area contributed by atoms with E-state index in [1.54, 1.807) is 17.5 Å². The van der Waals surface area contributed by atoms with Gasteiger partial charge in [-0.2, -0.15) is 0 Å². The second-order valence-corrected chi connectivity index (χ2v) is 4.03. The van der Waals surface area contributed by atoms with Crippen molar-refractivity contribution in [2.75, 3.05) is 7.05 Å². The van der Waals surface area contributed by atoms with Crippen LogP contribution in [0.1, 0.15) is 5.69 Å². The van der Waals surface area contributed by atoms with Gasteiger partial charge in [-0.15, -0.1) is 0 Å². The van der Waals surface area contributed by atoms with Gasteiger partial charge in [-0.05, 0) is 19.1 Å². The topological polar surface area (TPSA) is 42.4 Å². The van der Waals surface area contributed by atoms with Crippen LogP contribution < -0.4 is 5.32 Å². The van der Waals surface area contributed by atoms with Crippen LogP contribution >= 0.6 is 11.3 Å². The number of nitrogens with zero attached hydrogens (tertiary/aromatic N) is 2. The van der Waals surface area contributed by atoms with Crippen molar-refractivity contribution in [1.82, 2.24) is 9.97 Å². The maximum absolute atomic E-state index is 4.50. The molecule has 0 fully saturated rings. The van der Waals surface area contributed by atoms with Crippen LogP contribution in [0.3, 0.4) is 0 Å². The van der Waals surface area contributed by atoms with Crippen molar-refractivity contribution in [2.45, 2.75) is 6.92 Å². The summed E-state index contributed by atoms with van der Waals surface area (Å²) in [6.07, 6.45) is 3.62. The van der Waals surface area contributed by atoms with Crippen LogP contribution in [-0.4, -0.2) is 17.0 Å². The lowest BCUT2D eigenvalue weighted by molar-refractivity contribution is -0.535. The number of quaternary nitrogens is 1. The van der Waals surface area contributed by atoms with E-state index in [1.165, 1.54) is 5.00 Å². The van der Waals surface area contributed by atoms with Gasteiger partial charge in [-0.3, -0.25) is 4.98 Å². The molecule has 0 atom stereocenters. The fraction of sp³-hybridized carbons (Fsp3) is 0.200. The largest absolute Gasteiger partial charge is 0.306 e. The van der Waals surface area contributed by atoms with E-state index in [-0.39, 0.29) is 0 Å². The molecule has 4 heteroatoms. The van der Waals surface area contributed by atoms with E-state index in [4.69, 9.17) is 0 Å². The molecule has 14 heavy (non-hydrogen) atoms. The lowest BCUT2D eigenvalue weighted by Gasteiger charge is -1.91. The average Bonchev–Trinajstić information content (AvgIpc) is 2.61. The molecule has 0 amide bonds. The number of aromatic nitrogens is 2. The monoisotopic (exact) mass is 206 g/mol. The van der Waals surface area contributed by atoms with Crippen molar-refractivity contribution in [3.8, 4) is 10.6 Å². The van der Waals surface area contributed by atoms with Crippen LogP contribution in [0.2, 0.25) is 0 Å². The van der Waals surface area contributed by atoms with Gasteiger partial charge in [0.25, 0.3) is 0 Å². The lowest BCUT2D eigenvalue weighted by atomic mass is 10.3. The molecule has 72 valence electrons. The standard InChI is InChI=1S/C10H11N3S/c1-7-9(11-2)14-10(13-7)8-4-3-5-12-6-8/h3-6,11H,1-2H3/p+1. The molecule has 0 aliphatic carbocycles. The third kappa shape index (κ3) is 1.66. The summed E-state index contributed by atoms with van der Waals surface area (Å²) in [5.41, 5.74) is 2.19. The molecule has 2 heterocycles. The van der Waals surface area contributed by atoms with Gasteiger partial charge in [0.1, 0.15) is 10.7 Å². The Labute approximate surface area is 86.8 Å². The summed E-state index contributed by atoms with van der Waals surface area (Å²) < 4.78 is 0. The highest BCUT2D eigenvalue weighted by molar-refractivity contribution is 7.18. The van der Waals surface area contributed by atoms with Gasteiger partial charge in [-0.1, -0.05) is 11.3 Å². The lowest BCUT2D eigenvalue weighted by Crippen LogP contribution is -2.72. The van der Waals surface area contributed by atoms with Crippen LogP contribution in [0.4, 0.5) is 5.00 Å². The Balaban J connectivity index is 2.43. The maximum atomic E-state index is 4.50. The second kappa shape index (κ2) is 3.86. The highest BCUT2D eigenvalue weighted by atomic mass is 32.1. The van der Waals surface area contributed by atoms with E-state index in [0.717, 1.165) is 16.3 Å². The van der Waals surface area contributed by atoms with Crippen molar-refractivity contribution in [2.24, 2.45) is 0 Å². The van der Waals surface area contributed by atoms with E-state index >= 15 is 0 Å². The molecule has 0 saturated carbocycles. The Morgan fingerprint density at radius 1 is 1.43 bits per heavy atom. The molecule has 0 aromatic carbocycles. The predicted molar refractivity (Wildman–Crippen MR) is 57.6 cm³/mol. The maximum Gasteiger partial charge on any atom is 0.208 e. The van der Waals surface area contributed by atoms with E-state index in [9.17, 15) is 0 Å². The van der Waals surface area contributed by atoms with Gasteiger partial charge in [0.15, 0.2) is 0 Å². The first kappa shape index (κ1) is 9.30. The van der Waals surface area contributed by atoms with E-state index in [0.29, 0.717) is 0 Å². The number of thiazole rings is 1. The Morgan fingerprint density at radius 3 is 2.86 bits per heavy atom. The summed E-state index contributed by atoms with van der Waals surface area (Å²) in [7, 11) is 2.04. The molecule has 2 aromatic heterocycles. The number of aryl methyl sites for hydroxylation is 1. The number of rotatable bonds is 2. The molecule has 0 radical (unpaired) electrons. The first-order valence-electron chi connectivity index (χ1n) is 4.48. The highest BCUT2D eigenvalue weighted by Gasteiger charge is 2.10. The fourth-order valence-electron chi connectivity index (χ4n) is 1.29. The van der Waals surface area contributed by atoms with Gasteiger partial charge in [-0.25, -0.2) is 4.98 Å². The Kier molecular flexibility index (Phi) is 2.56. The molecular formula is C10H12N3S+. The number of hydrogen-bond acceptors (Lipinski definition) is 3. The van der Waals surface area contributed by atoms with Gasteiger partial charge in [0.2, 0.25) is 5.00 Å². The van der Waals surface area contributed by atoms with E-state index < -0.39 is 0 Å². The van der Waals surface area contributed by atoms with Crippen molar-refractivity contribution in [1.29, 1.82) is 0 Å². The highest BCUT2D eigenvalue weighted by Crippen LogP contribution is 2.27.